The van der Waals surface area contributed by atoms with Gasteiger partial charge in [-0.25, -0.2) is 9.59 Å². The van der Waals surface area contributed by atoms with Crippen molar-refractivity contribution in [2.24, 2.45) is 0 Å². The van der Waals surface area contributed by atoms with Crippen LogP contribution in [0.2, 0.25) is 0 Å². The zero-order valence-electron chi connectivity index (χ0n) is 20.2. The van der Waals surface area contributed by atoms with Crippen LogP contribution in [0.25, 0.3) is 10.9 Å². The normalized spacial score (nSPS) is 11.3. The number of rotatable bonds is 9. The third kappa shape index (κ3) is 6.70. The first kappa shape index (κ1) is 25.0. The number of nitrogens with one attached hydrogen (secondary N) is 2. The van der Waals surface area contributed by atoms with Crippen LogP contribution in [-0.4, -0.2) is 41.6 Å². The Bertz CT molecular complexity index is 1160. The molecule has 0 fully saturated rings. The second-order valence-electron chi connectivity index (χ2n) is 9.08. The Labute approximate surface area is 199 Å². The van der Waals surface area contributed by atoms with Crippen LogP contribution >= 0.6 is 0 Å². The summed E-state index contributed by atoms with van der Waals surface area (Å²) in [6.07, 6.45) is 0.935. The van der Waals surface area contributed by atoms with E-state index in [0.717, 1.165) is 22.0 Å². The molecule has 1 aromatic heterocycles. The third-order valence-electron chi connectivity index (χ3n) is 5.18. The summed E-state index contributed by atoms with van der Waals surface area (Å²) >= 11 is 0. The van der Waals surface area contributed by atoms with E-state index in [1.165, 1.54) is 0 Å². The molecule has 0 radical (unpaired) electrons. The van der Waals surface area contributed by atoms with E-state index in [1.807, 2.05) is 57.2 Å². The number of carbonyl (C=O) groups excluding carboxylic acids is 3. The van der Waals surface area contributed by atoms with E-state index in [9.17, 15) is 14.4 Å². The maximum Gasteiger partial charge on any atom is 0.407 e. The van der Waals surface area contributed by atoms with Crippen LogP contribution in [0.5, 0.6) is 0 Å². The molecule has 0 aliphatic heterocycles. The van der Waals surface area contributed by atoms with Crippen LogP contribution in [0.3, 0.4) is 0 Å². The number of H-pyrrole nitrogens is 1. The second-order valence-corrected chi connectivity index (χ2v) is 9.08. The zero-order chi connectivity index (χ0) is 24.7. The van der Waals surface area contributed by atoms with E-state index in [0.29, 0.717) is 30.6 Å². The average Bonchev–Trinajstić information content (AvgIpc) is 3.14. The number of ether oxygens (including phenoxy) is 2. The lowest BCUT2D eigenvalue weighted by molar-refractivity contribution is 0.0509. The second kappa shape index (κ2) is 11.0. The van der Waals surface area contributed by atoms with Crippen LogP contribution in [-0.2, 0) is 22.3 Å². The van der Waals surface area contributed by atoms with Gasteiger partial charge in [-0.3, -0.25) is 4.79 Å². The number of fused-ring (bicyclic) bond motifs is 1. The Balaban J connectivity index is 1.79. The molecule has 0 spiro atoms. The highest BCUT2D eigenvalue weighted by Gasteiger charge is 2.20. The lowest BCUT2D eigenvalue weighted by Gasteiger charge is -2.19. The molecule has 0 saturated heterocycles. The molecule has 1 amide bonds. The first-order valence-electron chi connectivity index (χ1n) is 11.5. The smallest absolute Gasteiger partial charge is 0.407 e. The van der Waals surface area contributed by atoms with Crippen LogP contribution in [0.1, 0.15) is 66.1 Å². The summed E-state index contributed by atoms with van der Waals surface area (Å²) in [5.41, 5.74) is 2.98. The van der Waals surface area contributed by atoms with Gasteiger partial charge in [-0.15, -0.1) is 0 Å². The predicted molar refractivity (Wildman–Crippen MR) is 131 cm³/mol. The van der Waals surface area contributed by atoms with Crippen molar-refractivity contribution in [2.75, 3.05) is 13.2 Å². The monoisotopic (exact) mass is 464 g/mol. The number of Topliss-reactive ketones (excluding diaryl/α,β-unsaturated/α-hetero) is 1. The molecular formula is C27H32N2O5. The molecule has 3 aromatic rings. The fourth-order valence-corrected chi connectivity index (χ4v) is 3.72. The van der Waals surface area contributed by atoms with Gasteiger partial charge in [-0.2, -0.15) is 0 Å². The summed E-state index contributed by atoms with van der Waals surface area (Å²) in [6.45, 7) is 7.86. The van der Waals surface area contributed by atoms with Crippen molar-refractivity contribution in [3.63, 3.8) is 0 Å². The maximum atomic E-state index is 12.7. The van der Waals surface area contributed by atoms with Crippen molar-refractivity contribution >= 4 is 28.7 Å². The highest BCUT2D eigenvalue weighted by molar-refractivity contribution is 6.00. The summed E-state index contributed by atoms with van der Waals surface area (Å²) in [5, 5.41) is 3.62. The Morgan fingerprint density at radius 3 is 2.44 bits per heavy atom. The topological polar surface area (TPSA) is 97.5 Å². The molecule has 0 aliphatic rings. The van der Waals surface area contributed by atoms with Gasteiger partial charge in [0.2, 0.25) is 0 Å². The number of aromatic nitrogens is 1. The van der Waals surface area contributed by atoms with Gasteiger partial charge in [0.1, 0.15) is 11.3 Å². The van der Waals surface area contributed by atoms with Crippen LogP contribution < -0.4 is 5.32 Å². The van der Waals surface area contributed by atoms with E-state index < -0.39 is 17.7 Å². The maximum absolute atomic E-state index is 12.7. The molecule has 0 atom stereocenters. The average molecular weight is 465 g/mol. The molecule has 2 aromatic carbocycles. The Morgan fingerprint density at radius 1 is 1.03 bits per heavy atom. The lowest BCUT2D eigenvalue weighted by atomic mass is 9.99. The van der Waals surface area contributed by atoms with E-state index >= 15 is 0 Å². The molecule has 0 unspecified atom stereocenters. The van der Waals surface area contributed by atoms with Gasteiger partial charge in [0.05, 0.1) is 6.61 Å². The molecular weight excluding hydrogens is 432 g/mol. The number of benzene rings is 2. The van der Waals surface area contributed by atoms with Gasteiger partial charge in [0.25, 0.3) is 0 Å². The van der Waals surface area contributed by atoms with Crippen molar-refractivity contribution in [3.05, 3.63) is 70.9 Å². The van der Waals surface area contributed by atoms with E-state index in [1.54, 1.807) is 19.1 Å². The fraction of sp³-hybridized carbons (Fsp3) is 0.370. The van der Waals surface area contributed by atoms with E-state index in [-0.39, 0.29) is 18.8 Å². The molecule has 2 N–H and O–H groups in total. The fourth-order valence-electron chi connectivity index (χ4n) is 3.72. The number of aryl methyl sites for hydroxylation is 1. The number of aromatic amines is 1. The van der Waals surface area contributed by atoms with Crippen molar-refractivity contribution < 1.29 is 23.9 Å². The van der Waals surface area contributed by atoms with Crippen molar-refractivity contribution in [3.8, 4) is 0 Å². The van der Waals surface area contributed by atoms with E-state index in [4.69, 9.17) is 9.47 Å². The van der Waals surface area contributed by atoms with E-state index in [2.05, 4.69) is 10.3 Å². The highest BCUT2D eigenvalue weighted by Crippen LogP contribution is 2.26. The van der Waals surface area contributed by atoms with Gasteiger partial charge in [0, 0.05) is 29.4 Å². The quantitative estimate of drug-likeness (QED) is 0.257. The molecule has 7 heteroatoms. The minimum absolute atomic E-state index is 0.0317. The van der Waals surface area contributed by atoms with Crippen LogP contribution in [0.15, 0.2) is 48.5 Å². The molecule has 34 heavy (non-hydrogen) atoms. The Kier molecular flexibility index (Phi) is 8.10. The number of hydrogen-bond acceptors (Lipinski definition) is 5. The molecule has 1 heterocycles. The predicted octanol–water partition coefficient (Wildman–Crippen LogP) is 5.23. The van der Waals surface area contributed by atoms with Crippen LogP contribution in [0.4, 0.5) is 4.79 Å². The minimum Gasteiger partial charge on any atom is -0.461 e. The van der Waals surface area contributed by atoms with Crippen molar-refractivity contribution in [1.29, 1.82) is 0 Å². The standard InChI is InChI=1S/C27H32N2O5/c1-5-33-25(31)24-20(12-9-15-28-26(32)34-27(2,3)4)21-16-18(13-14-22(21)29-24)17-23(30)19-10-7-6-8-11-19/h6-8,10-11,13-14,16,29H,5,9,12,15,17H2,1-4H3,(H,28,32). The Morgan fingerprint density at radius 2 is 1.76 bits per heavy atom. The number of carbonyl (C=O) groups is 3. The molecule has 0 aliphatic carbocycles. The van der Waals surface area contributed by atoms with Gasteiger partial charge >= 0.3 is 12.1 Å². The summed E-state index contributed by atoms with van der Waals surface area (Å²) in [4.78, 5) is 40.3. The molecule has 0 saturated carbocycles. The molecule has 180 valence electrons. The summed E-state index contributed by atoms with van der Waals surface area (Å²) in [7, 11) is 0. The lowest BCUT2D eigenvalue weighted by Crippen LogP contribution is -2.33. The summed E-state index contributed by atoms with van der Waals surface area (Å²) in [6, 6.07) is 14.9. The third-order valence-corrected chi connectivity index (χ3v) is 5.18. The number of ketones is 1. The molecule has 3 rings (SSSR count). The van der Waals surface area contributed by atoms with Gasteiger partial charge < -0.3 is 19.8 Å². The molecule has 0 bridgehead atoms. The Hall–Kier alpha value is -3.61. The number of esters is 1. The zero-order valence-corrected chi connectivity index (χ0v) is 20.2. The number of hydrogen-bond donors (Lipinski definition) is 2. The van der Waals surface area contributed by atoms with Crippen molar-refractivity contribution in [1.82, 2.24) is 10.3 Å². The largest absolute Gasteiger partial charge is 0.461 e. The van der Waals surface area contributed by atoms with Crippen molar-refractivity contribution in [2.45, 2.75) is 52.6 Å². The van der Waals surface area contributed by atoms with Crippen LogP contribution in [0, 0.1) is 0 Å². The van der Waals surface area contributed by atoms with Gasteiger partial charge in [-0.1, -0.05) is 36.4 Å². The number of amides is 1. The highest BCUT2D eigenvalue weighted by atomic mass is 16.6. The SMILES string of the molecule is CCOC(=O)c1[nH]c2ccc(CC(=O)c3ccccc3)cc2c1CCCNC(=O)OC(C)(C)C. The first-order chi connectivity index (χ1) is 16.2. The first-order valence-corrected chi connectivity index (χ1v) is 11.5. The summed E-state index contributed by atoms with van der Waals surface area (Å²) < 4.78 is 10.5. The van der Waals surface area contributed by atoms with Gasteiger partial charge in [0.15, 0.2) is 5.78 Å². The number of alkyl carbamates (subject to hydrolysis) is 1. The summed E-state index contributed by atoms with van der Waals surface area (Å²) in [5.74, 6) is -0.389. The minimum atomic E-state index is -0.564. The van der Waals surface area contributed by atoms with Gasteiger partial charge in [-0.05, 0) is 63.8 Å². The molecule has 7 nitrogen and oxygen atoms in total.